The van der Waals surface area contributed by atoms with E-state index in [4.69, 9.17) is 5.26 Å². The first-order chi connectivity index (χ1) is 5.18. The molecule has 11 heavy (non-hydrogen) atoms. The van der Waals surface area contributed by atoms with Gasteiger partial charge in [-0.2, -0.15) is 5.26 Å². The Bertz CT molecular complexity index is 138. The molecule has 0 fully saturated rings. The summed E-state index contributed by atoms with van der Waals surface area (Å²) in [6.45, 7) is 3.42. The summed E-state index contributed by atoms with van der Waals surface area (Å²) in [5.74, 6) is 0. The summed E-state index contributed by atoms with van der Waals surface area (Å²) in [5, 5.41) is 8.36. The zero-order valence-electron chi connectivity index (χ0n) is 7.36. The fourth-order valence-corrected chi connectivity index (χ4v) is 3.95. The van der Waals surface area contributed by atoms with E-state index in [0.717, 1.165) is 12.8 Å². The van der Waals surface area contributed by atoms with Crippen LogP contribution in [0, 0.1) is 11.3 Å². The minimum absolute atomic E-state index is 0.723. The lowest BCUT2D eigenvalue weighted by atomic mass is 10.4. The molecule has 0 aromatic heterocycles. The number of hydrogen-bond donors (Lipinski definition) is 0. The van der Waals surface area contributed by atoms with Gasteiger partial charge in [0.2, 0.25) is 0 Å². The van der Waals surface area contributed by atoms with Crippen LogP contribution in [-0.4, -0.2) is 6.69 Å². The SMILES string of the molecule is CC[Si](Br)(CC)CCCC#N. The third-order valence-corrected chi connectivity index (χ3v) is 10.5. The van der Waals surface area contributed by atoms with E-state index in [2.05, 4.69) is 35.2 Å². The van der Waals surface area contributed by atoms with Crippen molar-refractivity contribution in [3.8, 4) is 6.07 Å². The van der Waals surface area contributed by atoms with Crippen molar-refractivity contribution in [1.29, 1.82) is 5.26 Å². The summed E-state index contributed by atoms with van der Waals surface area (Å²) in [6, 6.07) is 6.02. The molecule has 0 aliphatic heterocycles. The molecule has 0 aliphatic rings. The molecular formula is C8H16BrNSi. The molecule has 0 unspecified atom stereocenters. The van der Waals surface area contributed by atoms with Crippen molar-refractivity contribution in [2.24, 2.45) is 0 Å². The lowest BCUT2D eigenvalue weighted by Crippen LogP contribution is -2.22. The number of unbranched alkanes of at least 4 members (excludes halogenated alkanes) is 1. The van der Waals surface area contributed by atoms with Crippen LogP contribution in [0.15, 0.2) is 0 Å². The van der Waals surface area contributed by atoms with Gasteiger partial charge in [-0.25, -0.2) is 0 Å². The van der Waals surface area contributed by atoms with Gasteiger partial charge in [0, 0.05) is 6.42 Å². The first-order valence-corrected chi connectivity index (χ1v) is 9.12. The summed E-state index contributed by atoms with van der Waals surface area (Å²) in [4.78, 5) is 0. The molecule has 0 aliphatic carbocycles. The van der Waals surface area contributed by atoms with E-state index < -0.39 is 6.69 Å². The van der Waals surface area contributed by atoms with E-state index in [1.807, 2.05) is 0 Å². The normalized spacial score (nSPS) is 11.1. The number of hydrogen-bond acceptors (Lipinski definition) is 1. The Labute approximate surface area is 78.4 Å². The predicted molar refractivity (Wildman–Crippen MR) is 55.3 cm³/mol. The second-order valence-corrected chi connectivity index (χ2v) is 12.1. The summed E-state index contributed by atoms with van der Waals surface area (Å²) >= 11 is 3.84. The van der Waals surface area contributed by atoms with Crippen molar-refractivity contribution in [2.45, 2.75) is 44.8 Å². The average Bonchev–Trinajstić information content (AvgIpc) is 2.05. The smallest absolute Gasteiger partial charge is 0.129 e. The fraction of sp³-hybridized carbons (Fsp3) is 0.875. The van der Waals surface area contributed by atoms with Crippen LogP contribution < -0.4 is 0 Å². The van der Waals surface area contributed by atoms with Gasteiger partial charge in [0.25, 0.3) is 0 Å². The summed E-state index contributed by atoms with van der Waals surface area (Å²) < 4.78 is 0. The van der Waals surface area contributed by atoms with Crippen LogP contribution in [-0.2, 0) is 0 Å². The number of halogens is 1. The molecule has 0 rings (SSSR count). The van der Waals surface area contributed by atoms with E-state index in [1.165, 1.54) is 18.1 Å². The minimum Gasteiger partial charge on any atom is -0.198 e. The molecule has 0 N–H and O–H groups in total. The molecule has 1 nitrogen and oxygen atoms in total. The molecular weight excluding hydrogens is 218 g/mol. The van der Waals surface area contributed by atoms with Crippen LogP contribution in [0.5, 0.6) is 0 Å². The number of nitriles is 1. The highest BCUT2D eigenvalue weighted by Gasteiger charge is 2.24. The number of nitrogens with zero attached hydrogens (tertiary/aromatic N) is 1. The second kappa shape index (κ2) is 5.79. The van der Waals surface area contributed by atoms with E-state index in [0.29, 0.717) is 0 Å². The summed E-state index contributed by atoms with van der Waals surface area (Å²) in [7, 11) is 0. The standard InChI is InChI=1S/C8H16BrNSi/c1-3-11(9,4-2)8-6-5-7-10/h3-6,8H2,1-2H3. The number of rotatable bonds is 5. The zero-order valence-corrected chi connectivity index (χ0v) is 9.95. The second-order valence-electron chi connectivity index (χ2n) is 2.87. The van der Waals surface area contributed by atoms with Crippen molar-refractivity contribution in [2.75, 3.05) is 0 Å². The highest BCUT2D eigenvalue weighted by Crippen LogP contribution is 2.28. The molecule has 0 saturated carbocycles. The predicted octanol–water partition coefficient (Wildman–Crippen LogP) is 3.67. The van der Waals surface area contributed by atoms with E-state index in [1.54, 1.807) is 0 Å². The Balaban J connectivity index is 3.62. The van der Waals surface area contributed by atoms with Crippen LogP contribution in [0.2, 0.25) is 18.1 Å². The summed E-state index contributed by atoms with van der Waals surface area (Å²) in [5.41, 5.74) is 0. The molecule has 0 atom stereocenters. The van der Waals surface area contributed by atoms with Gasteiger partial charge in [-0.15, -0.1) is 15.3 Å². The Kier molecular flexibility index (Phi) is 5.89. The molecule has 0 radical (unpaired) electrons. The van der Waals surface area contributed by atoms with Crippen molar-refractivity contribution < 1.29 is 0 Å². The van der Waals surface area contributed by atoms with Crippen LogP contribution in [0.3, 0.4) is 0 Å². The fourth-order valence-electron chi connectivity index (χ4n) is 1.09. The van der Waals surface area contributed by atoms with Gasteiger partial charge in [0.1, 0.15) is 6.69 Å². The van der Waals surface area contributed by atoms with E-state index >= 15 is 0 Å². The highest BCUT2D eigenvalue weighted by atomic mass is 79.9. The minimum atomic E-state index is -1.07. The van der Waals surface area contributed by atoms with E-state index in [9.17, 15) is 0 Å². The van der Waals surface area contributed by atoms with Crippen molar-refractivity contribution in [1.82, 2.24) is 0 Å². The first kappa shape index (κ1) is 11.2. The maximum Gasteiger partial charge on any atom is 0.129 e. The average molecular weight is 234 g/mol. The molecule has 3 heteroatoms. The summed E-state index contributed by atoms with van der Waals surface area (Å²) in [6.07, 6.45) is 1.80. The van der Waals surface area contributed by atoms with Crippen LogP contribution >= 0.6 is 15.3 Å². The molecule has 0 amide bonds. The first-order valence-electron chi connectivity index (χ1n) is 4.24. The highest BCUT2D eigenvalue weighted by molar-refractivity contribution is 9.26. The van der Waals surface area contributed by atoms with Gasteiger partial charge >= 0.3 is 0 Å². The largest absolute Gasteiger partial charge is 0.198 e. The lowest BCUT2D eigenvalue weighted by molar-refractivity contribution is 0.939. The van der Waals surface area contributed by atoms with Crippen molar-refractivity contribution in [3.63, 3.8) is 0 Å². The van der Waals surface area contributed by atoms with Crippen LogP contribution in [0.25, 0.3) is 0 Å². The molecule has 0 aromatic carbocycles. The van der Waals surface area contributed by atoms with Crippen molar-refractivity contribution >= 4 is 22.0 Å². The Hall–Kier alpha value is 0.187. The quantitative estimate of drug-likeness (QED) is 0.404. The Morgan fingerprint density at radius 1 is 1.36 bits per heavy atom. The molecule has 0 aromatic rings. The van der Waals surface area contributed by atoms with Gasteiger partial charge in [-0.3, -0.25) is 0 Å². The third-order valence-electron chi connectivity index (χ3n) is 2.18. The molecule has 64 valence electrons. The molecule has 0 bridgehead atoms. The van der Waals surface area contributed by atoms with E-state index in [-0.39, 0.29) is 0 Å². The topological polar surface area (TPSA) is 23.8 Å². The molecule has 0 spiro atoms. The maximum atomic E-state index is 8.36. The van der Waals surface area contributed by atoms with Gasteiger partial charge in [0.05, 0.1) is 6.07 Å². The zero-order chi connectivity index (χ0) is 8.74. The third kappa shape index (κ3) is 4.60. The van der Waals surface area contributed by atoms with Gasteiger partial charge < -0.3 is 0 Å². The molecule has 0 saturated heterocycles. The van der Waals surface area contributed by atoms with Gasteiger partial charge in [-0.05, 0) is 12.5 Å². The molecule has 0 heterocycles. The van der Waals surface area contributed by atoms with Crippen LogP contribution in [0.4, 0.5) is 0 Å². The Morgan fingerprint density at radius 3 is 2.27 bits per heavy atom. The Morgan fingerprint density at radius 2 is 1.91 bits per heavy atom. The van der Waals surface area contributed by atoms with Gasteiger partial charge in [-0.1, -0.05) is 25.9 Å². The monoisotopic (exact) mass is 233 g/mol. The van der Waals surface area contributed by atoms with Gasteiger partial charge in [0.15, 0.2) is 0 Å². The van der Waals surface area contributed by atoms with Crippen LogP contribution in [0.1, 0.15) is 26.7 Å². The maximum absolute atomic E-state index is 8.36. The lowest BCUT2D eigenvalue weighted by Gasteiger charge is -2.20. The van der Waals surface area contributed by atoms with Crippen molar-refractivity contribution in [3.05, 3.63) is 0 Å².